The summed E-state index contributed by atoms with van der Waals surface area (Å²) in [4.78, 5) is 23.6. The van der Waals surface area contributed by atoms with Gasteiger partial charge in [-0.3, -0.25) is 5.32 Å². The van der Waals surface area contributed by atoms with Gasteiger partial charge in [0.1, 0.15) is 17.4 Å². The maximum absolute atomic E-state index is 13.4. The monoisotopic (exact) mass is 562 g/mol. The molecule has 1 saturated heterocycles. The molecule has 4 aromatic rings. The van der Waals surface area contributed by atoms with Crippen molar-refractivity contribution < 1.29 is 27.1 Å². The highest BCUT2D eigenvalue weighted by Crippen LogP contribution is 2.26. The van der Waals surface area contributed by atoms with E-state index in [0.717, 1.165) is 12.1 Å². The SMILES string of the molecule is C[C@H]1COCCN1c1cc(CS(=O)(=O)c2ccc(F)cc2)nc(-c2ccc(NC(=O)Oc3ccccc3)cc2)n1. The first-order valence-corrected chi connectivity index (χ1v) is 14.3. The first-order valence-electron chi connectivity index (χ1n) is 12.6. The molecule has 1 aromatic heterocycles. The zero-order valence-electron chi connectivity index (χ0n) is 21.7. The summed E-state index contributed by atoms with van der Waals surface area (Å²) in [6.07, 6.45) is -0.633. The second kappa shape index (κ2) is 11.8. The third-order valence-electron chi connectivity index (χ3n) is 6.28. The molecule has 2 heterocycles. The van der Waals surface area contributed by atoms with Gasteiger partial charge in [0.15, 0.2) is 15.7 Å². The number of nitrogens with one attached hydrogen (secondary N) is 1. The quantitative estimate of drug-likeness (QED) is 0.310. The Morgan fingerprint density at radius 1 is 1.05 bits per heavy atom. The number of amides is 1. The van der Waals surface area contributed by atoms with Crippen molar-refractivity contribution in [3.8, 4) is 17.1 Å². The summed E-state index contributed by atoms with van der Waals surface area (Å²) in [6, 6.07) is 22.0. The third kappa shape index (κ3) is 6.61. The lowest BCUT2D eigenvalue weighted by atomic mass is 10.2. The minimum absolute atomic E-state index is 0.00756. The molecule has 0 bridgehead atoms. The van der Waals surface area contributed by atoms with Gasteiger partial charge in [0.05, 0.1) is 35.6 Å². The minimum Gasteiger partial charge on any atom is -0.410 e. The van der Waals surface area contributed by atoms with Crippen LogP contribution in [0.3, 0.4) is 0 Å². The lowest BCUT2D eigenvalue weighted by Crippen LogP contribution is -2.44. The number of sulfone groups is 1. The van der Waals surface area contributed by atoms with Crippen molar-refractivity contribution in [1.82, 2.24) is 9.97 Å². The van der Waals surface area contributed by atoms with Crippen LogP contribution in [0.5, 0.6) is 5.75 Å². The molecule has 40 heavy (non-hydrogen) atoms. The standard InChI is InChI=1S/C29H27FN4O5S/c1-20-18-38-16-15-34(20)27-17-24(19-40(36,37)26-13-9-22(30)10-14-26)31-28(33-27)21-7-11-23(12-8-21)32-29(35)39-25-5-3-2-4-6-25/h2-14,17,20H,15-16,18-19H2,1H3,(H,32,35)/t20-/m0/s1. The van der Waals surface area contributed by atoms with Crippen LogP contribution >= 0.6 is 0 Å². The van der Waals surface area contributed by atoms with E-state index < -0.39 is 21.7 Å². The van der Waals surface area contributed by atoms with Crippen LogP contribution in [-0.2, 0) is 20.3 Å². The summed E-state index contributed by atoms with van der Waals surface area (Å²) in [5.74, 6) is 0.434. The molecule has 1 fully saturated rings. The van der Waals surface area contributed by atoms with E-state index in [2.05, 4.69) is 15.2 Å². The number of rotatable bonds is 7. The van der Waals surface area contributed by atoms with Crippen molar-refractivity contribution in [2.24, 2.45) is 0 Å². The lowest BCUT2D eigenvalue weighted by molar-refractivity contribution is 0.0985. The normalized spacial score (nSPS) is 15.4. The molecule has 5 rings (SSSR count). The van der Waals surface area contributed by atoms with Crippen molar-refractivity contribution in [2.75, 3.05) is 30.0 Å². The third-order valence-corrected chi connectivity index (χ3v) is 7.95. The van der Waals surface area contributed by atoms with Crippen LogP contribution in [0.1, 0.15) is 12.6 Å². The second-order valence-electron chi connectivity index (χ2n) is 9.28. The molecule has 1 aliphatic heterocycles. The average Bonchev–Trinajstić information content (AvgIpc) is 2.94. The summed E-state index contributed by atoms with van der Waals surface area (Å²) in [5.41, 5.74) is 1.43. The van der Waals surface area contributed by atoms with Crippen LogP contribution in [0.15, 0.2) is 89.8 Å². The zero-order valence-corrected chi connectivity index (χ0v) is 22.5. The Labute approximate surface area is 231 Å². The molecule has 0 aliphatic carbocycles. The molecule has 0 spiro atoms. The summed E-state index contributed by atoms with van der Waals surface area (Å²) >= 11 is 0. The second-order valence-corrected chi connectivity index (χ2v) is 11.3. The summed E-state index contributed by atoms with van der Waals surface area (Å²) < 4.78 is 50.4. The number of hydrogen-bond donors (Lipinski definition) is 1. The largest absolute Gasteiger partial charge is 0.417 e. The van der Waals surface area contributed by atoms with E-state index in [4.69, 9.17) is 14.5 Å². The number of benzene rings is 3. The van der Waals surface area contributed by atoms with Crippen molar-refractivity contribution >= 4 is 27.4 Å². The van der Waals surface area contributed by atoms with Crippen LogP contribution in [0.25, 0.3) is 11.4 Å². The van der Waals surface area contributed by atoms with Gasteiger partial charge in [-0.15, -0.1) is 0 Å². The Morgan fingerprint density at radius 2 is 1.77 bits per heavy atom. The van der Waals surface area contributed by atoms with E-state index in [9.17, 15) is 17.6 Å². The fourth-order valence-corrected chi connectivity index (χ4v) is 5.52. The predicted molar refractivity (Wildman–Crippen MR) is 148 cm³/mol. The number of morpholine rings is 1. The van der Waals surface area contributed by atoms with E-state index >= 15 is 0 Å². The molecule has 0 saturated carbocycles. The van der Waals surface area contributed by atoms with Gasteiger partial charge in [-0.05, 0) is 67.6 Å². The Bertz CT molecular complexity index is 1580. The van der Waals surface area contributed by atoms with E-state index in [1.165, 1.54) is 12.1 Å². The molecule has 1 amide bonds. The van der Waals surface area contributed by atoms with Gasteiger partial charge < -0.3 is 14.4 Å². The molecular weight excluding hydrogens is 535 g/mol. The molecule has 206 valence electrons. The van der Waals surface area contributed by atoms with Crippen molar-refractivity contribution in [2.45, 2.75) is 23.6 Å². The summed E-state index contributed by atoms with van der Waals surface area (Å²) in [7, 11) is -3.80. The molecule has 0 radical (unpaired) electrons. The fraction of sp³-hybridized carbons (Fsp3) is 0.207. The van der Waals surface area contributed by atoms with Gasteiger partial charge in [-0.1, -0.05) is 18.2 Å². The van der Waals surface area contributed by atoms with Crippen molar-refractivity contribution in [1.29, 1.82) is 0 Å². The number of hydrogen-bond acceptors (Lipinski definition) is 8. The zero-order chi connectivity index (χ0) is 28.1. The van der Waals surface area contributed by atoms with E-state index in [0.29, 0.717) is 54.1 Å². The summed E-state index contributed by atoms with van der Waals surface area (Å²) in [6.45, 7) is 3.63. The molecular formula is C29H27FN4O5S. The van der Waals surface area contributed by atoms with Gasteiger partial charge in [-0.2, -0.15) is 0 Å². The number of halogens is 1. The van der Waals surface area contributed by atoms with Crippen molar-refractivity contribution in [3.63, 3.8) is 0 Å². The Balaban J connectivity index is 1.41. The first-order chi connectivity index (χ1) is 19.3. The maximum Gasteiger partial charge on any atom is 0.417 e. The van der Waals surface area contributed by atoms with E-state index in [1.807, 2.05) is 13.0 Å². The highest BCUT2D eigenvalue weighted by Gasteiger charge is 2.24. The molecule has 1 N–H and O–H groups in total. The molecule has 11 heteroatoms. The van der Waals surface area contributed by atoms with Crippen molar-refractivity contribution in [3.05, 3.63) is 96.4 Å². The van der Waals surface area contributed by atoms with Gasteiger partial charge in [0, 0.05) is 23.9 Å². The molecule has 3 aromatic carbocycles. The highest BCUT2D eigenvalue weighted by atomic mass is 32.2. The van der Waals surface area contributed by atoms with Gasteiger partial charge in [-0.25, -0.2) is 27.6 Å². The Hall–Kier alpha value is -4.35. The van der Waals surface area contributed by atoms with Crippen LogP contribution in [-0.4, -0.2) is 50.3 Å². The lowest BCUT2D eigenvalue weighted by Gasteiger charge is -2.34. The number of carbonyl (C=O) groups is 1. The number of para-hydroxylation sites is 1. The number of carbonyl (C=O) groups excluding carboxylic acids is 1. The fourth-order valence-electron chi connectivity index (χ4n) is 4.26. The topological polar surface area (TPSA) is 111 Å². The minimum atomic E-state index is -3.80. The molecule has 0 unspecified atom stereocenters. The first kappa shape index (κ1) is 27.2. The van der Waals surface area contributed by atoms with Gasteiger partial charge in [0.2, 0.25) is 0 Å². The van der Waals surface area contributed by atoms with Crippen LogP contribution < -0.4 is 15.0 Å². The number of aromatic nitrogens is 2. The van der Waals surface area contributed by atoms with E-state index in [-0.39, 0.29) is 16.7 Å². The predicted octanol–water partition coefficient (Wildman–Crippen LogP) is 5.09. The highest BCUT2D eigenvalue weighted by molar-refractivity contribution is 7.90. The van der Waals surface area contributed by atoms with Gasteiger partial charge in [0.25, 0.3) is 0 Å². The maximum atomic E-state index is 13.4. The van der Waals surface area contributed by atoms with E-state index in [1.54, 1.807) is 54.6 Å². The van der Waals surface area contributed by atoms with Gasteiger partial charge >= 0.3 is 6.09 Å². The molecule has 1 aliphatic rings. The Kier molecular flexibility index (Phi) is 8.04. The smallest absolute Gasteiger partial charge is 0.410 e. The number of nitrogens with zero attached hydrogens (tertiary/aromatic N) is 3. The molecule has 1 atom stereocenters. The van der Waals surface area contributed by atoms with Crippen LogP contribution in [0, 0.1) is 5.82 Å². The van der Waals surface area contributed by atoms with Crippen LogP contribution in [0.2, 0.25) is 0 Å². The van der Waals surface area contributed by atoms with Crippen LogP contribution in [0.4, 0.5) is 20.7 Å². The number of ether oxygens (including phenoxy) is 2. The summed E-state index contributed by atoms with van der Waals surface area (Å²) in [5, 5.41) is 2.67. The Morgan fingerprint density at radius 3 is 2.48 bits per heavy atom. The average molecular weight is 563 g/mol. The molecule has 9 nitrogen and oxygen atoms in total. The number of anilines is 2.